The number of nitrogens with one attached hydrogen (secondary N) is 2. The van der Waals surface area contributed by atoms with Gasteiger partial charge < -0.3 is 5.32 Å². The molecule has 126 valence electrons. The molecule has 0 aliphatic rings. The van der Waals surface area contributed by atoms with Crippen molar-refractivity contribution in [2.45, 2.75) is 30.8 Å². The number of halogens is 2. The lowest BCUT2D eigenvalue weighted by molar-refractivity contribution is 0.122. The highest BCUT2D eigenvalue weighted by Crippen LogP contribution is 2.20. The fraction of sp³-hybridized carbons (Fsp3) is 0.357. The lowest BCUT2D eigenvalue weighted by Crippen LogP contribution is -2.18. The average molecular weight is 344 g/mol. The number of rotatable bonds is 7. The van der Waals surface area contributed by atoms with E-state index in [-0.39, 0.29) is 10.9 Å². The van der Waals surface area contributed by atoms with Crippen LogP contribution in [0, 0.1) is 0 Å². The van der Waals surface area contributed by atoms with Gasteiger partial charge in [-0.15, -0.1) is 0 Å². The van der Waals surface area contributed by atoms with Crippen LogP contribution in [-0.4, -0.2) is 31.7 Å². The van der Waals surface area contributed by atoms with Crippen LogP contribution in [0.3, 0.4) is 0 Å². The second-order valence-electron chi connectivity index (χ2n) is 4.98. The van der Waals surface area contributed by atoms with Gasteiger partial charge in [0.15, 0.2) is 0 Å². The van der Waals surface area contributed by atoms with Crippen molar-refractivity contribution in [2.24, 2.45) is 0 Å². The van der Waals surface area contributed by atoms with Crippen LogP contribution >= 0.6 is 0 Å². The third kappa shape index (κ3) is 4.49. The predicted molar refractivity (Wildman–Crippen MR) is 83.0 cm³/mol. The SMILES string of the molecule is CNS(=O)(=O)c1ccc([C@H](C)Nc2cnn(CC(F)F)c2)cc1. The van der Waals surface area contributed by atoms with Gasteiger partial charge in [0.05, 0.1) is 16.8 Å². The molecule has 1 heterocycles. The number of benzene rings is 1. The molecular formula is C14H18F2N4O2S. The van der Waals surface area contributed by atoms with Crippen molar-refractivity contribution in [2.75, 3.05) is 12.4 Å². The molecule has 0 saturated heterocycles. The van der Waals surface area contributed by atoms with Gasteiger partial charge in [-0.3, -0.25) is 4.68 Å². The van der Waals surface area contributed by atoms with Crippen molar-refractivity contribution in [3.63, 3.8) is 0 Å². The van der Waals surface area contributed by atoms with Gasteiger partial charge in [0.2, 0.25) is 10.0 Å². The Morgan fingerprint density at radius 1 is 1.26 bits per heavy atom. The minimum Gasteiger partial charge on any atom is -0.376 e. The van der Waals surface area contributed by atoms with Crippen molar-refractivity contribution in [1.29, 1.82) is 0 Å². The van der Waals surface area contributed by atoms with E-state index in [1.807, 2.05) is 6.92 Å². The largest absolute Gasteiger partial charge is 0.376 e. The zero-order valence-electron chi connectivity index (χ0n) is 12.7. The van der Waals surface area contributed by atoms with Crippen LogP contribution < -0.4 is 10.0 Å². The van der Waals surface area contributed by atoms with Crippen LogP contribution in [0.4, 0.5) is 14.5 Å². The first-order chi connectivity index (χ1) is 10.8. The lowest BCUT2D eigenvalue weighted by Gasteiger charge is -2.14. The van der Waals surface area contributed by atoms with E-state index in [2.05, 4.69) is 15.1 Å². The van der Waals surface area contributed by atoms with Crippen LogP contribution in [0.2, 0.25) is 0 Å². The Morgan fingerprint density at radius 3 is 2.48 bits per heavy atom. The Morgan fingerprint density at radius 2 is 1.91 bits per heavy atom. The molecule has 0 aliphatic carbocycles. The minimum atomic E-state index is -3.46. The Kier molecular flexibility index (Phi) is 5.32. The summed E-state index contributed by atoms with van der Waals surface area (Å²) in [5.41, 5.74) is 1.48. The fourth-order valence-electron chi connectivity index (χ4n) is 2.07. The standard InChI is InChI=1S/C14H18F2N4O2S/c1-10(19-12-7-18-20(8-12)9-14(15)16)11-3-5-13(6-4-11)23(21,22)17-2/h3-8,10,14,17,19H,9H2,1-2H3/t10-/m0/s1. The number of hydrogen-bond acceptors (Lipinski definition) is 4. The van der Waals surface area contributed by atoms with Crippen molar-refractivity contribution in [3.05, 3.63) is 42.2 Å². The molecule has 0 aliphatic heterocycles. The molecule has 2 N–H and O–H groups in total. The molecule has 0 fully saturated rings. The summed E-state index contributed by atoms with van der Waals surface area (Å²) in [5.74, 6) is 0. The molecule has 1 aromatic heterocycles. The molecule has 0 spiro atoms. The maximum atomic E-state index is 12.3. The normalized spacial score (nSPS) is 13.3. The maximum Gasteiger partial charge on any atom is 0.257 e. The van der Waals surface area contributed by atoms with E-state index in [0.29, 0.717) is 5.69 Å². The molecule has 23 heavy (non-hydrogen) atoms. The molecule has 0 radical (unpaired) electrons. The first kappa shape index (κ1) is 17.4. The monoisotopic (exact) mass is 344 g/mol. The van der Waals surface area contributed by atoms with Crippen LogP contribution in [0.1, 0.15) is 18.5 Å². The Bertz CT molecular complexity index is 744. The van der Waals surface area contributed by atoms with Gasteiger partial charge in [-0.05, 0) is 31.7 Å². The van der Waals surface area contributed by atoms with Crippen molar-refractivity contribution in [1.82, 2.24) is 14.5 Å². The predicted octanol–water partition coefficient (Wildman–Crippen LogP) is 2.23. The van der Waals surface area contributed by atoms with Gasteiger partial charge in [0.1, 0.15) is 6.54 Å². The van der Waals surface area contributed by atoms with E-state index in [1.54, 1.807) is 12.1 Å². The first-order valence-electron chi connectivity index (χ1n) is 6.92. The molecule has 0 amide bonds. The van der Waals surface area contributed by atoms with E-state index >= 15 is 0 Å². The van der Waals surface area contributed by atoms with Crippen molar-refractivity contribution < 1.29 is 17.2 Å². The van der Waals surface area contributed by atoms with E-state index in [4.69, 9.17) is 0 Å². The van der Waals surface area contributed by atoms with Gasteiger partial charge in [-0.2, -0.15) is 5.10 Å². The molecule has 2 rings (SSSR count). The van der Waals surface area contributed by atoms with E-state index in [9.17, 15) is 17.2 Å². The van der Waals surface area contributed by atoms with E-state index < -0.39 is 23.0 Å². The van der Waals surface area contributed by atoms with Gasteiger partial charge in [-0.1, -0.05) is 12.1 Å². The number of aromatic nitrogens is 2. The van der Waals surface area contributed by atoms with Crippen LogP contribution in [0.15, 0.2) is 41.6 Å². The van der Waals surface area contributed by atoms with Gasteiger partial charge in [-0.25, -0.2) is 21.9 Å². The lowest BCUT2D eigenvalue weighted by atomic mass is 10.1. The zero-order valence-corrected chi connectivity index (χ0v) is 13.5. The highest BCUT2D eigenvalue weighted by Gasteiger charge is 2.13. The Balaban J connectivity index is 2.06. The number of nitrogens with zero attached hydrogens (tertiary/aromatic N) is 2. The summed E-state index contributed by atoms with van der Waals surface area (Å²) in [5, 5.41) is 6.98. The minimum absolute atomic E-state index is 0.134. The molecule has 0 bridgehead atoms. The summed E-state index contributed by atoms with van der Waals surface area (Å²) in [7, 11) is -2.11. The Labute approximate surface area is 133 Å². The second-order valence-corrected chi connectivity index (χ2v) is 6.87. The molecule has 2 aromatic rings. The quantitative estimate of drug-likeness (QED) is 0.808. The van der Waals surface area contributed by atoms with Crippen LogP contribution in [0.25, 0.3) is 0 Å². The van der Waals surface area contributed by atoms with E-state index in [1.165, 1.54) is 36.3 Å². The van der Waals surface area contributed by atoms with Crippen molar-refractivity contribution >= 4 is 15.7 Å². The molecule has 6 nitrogen and oxygen atoms in total. The second kappa shape index (κ2) is 7.05. The zero-order chi connectivity index (χ0) is 17.0. The number of sulfonamides is 1. The molecule has 1 atom stereocenters. The number of anilines is 1. The smallest absolute Gasteiger partial charge is 0.257 e. The van der Waals surface area contributed by atoms with Crippen molar-refractivity contribution in [3.8, 4) is 0 Å². The highest BCUT2D eigenvalue weighted by atomic mass is 32.2. The summed E-state index contributed by atoms with van der Waals surface area (Å²) < 4.78 is 51.3. The summed E-state index contributed by atoms with van der Waals surface area (Å²) in [4.78, 5) is 0.181. The topological polar surface area (TPSA) is 76.0 Å². The number of alkyl halides is 2. The van der Waals surface area contributed by atoms with Crippen LogP contribution in [0.5, 0.6) is 0 Å². The molecule has 9 heteroatoms. The highest BCUT2D eigenvalue weighted by molar-refractivity contribution is 7.89. The summed E-state index contributed by atoms with van der Waals surface area (Å²) in [6, 6.07) is 6.29. The van der Waals surface area contributed by atoms with Gasteiger partial charge in [0.25, 0.3) is 6.43 Å². The Hall–Kier alpha value is -2.00. The molecule has 0 saturated carbocycles. The molecular weight excluding hydrogens is 326 g/mol. The van der Waals surface area contributed by atoms with E-state index in [0.717, 1.165) is 5.56 Å². The third-order valence-electron chi connectivity index (χ3n) is 3.30. The van der Waals surface area contributed by atoms with Gasteiger partial charge >= 0.3 is 0 Å². The van der Waals surface area contributed by atoms with Crippen LogP contribution in [-0.2, 0) is 16.6 Å². The third-order valence-corrected chi connectivity index (χ3v) is 4.73. The molecule has 0 unspecified atom stereocenters. The molecule has 1 aromatic carbocycles. The fourth-order valence-corrected chi connectivity index (χ4v) is 2.80. The van der Waals surface area contributed by atoms with Gasteiger partial charge in [0, 0.05) is 12.2 Å². The maximum absolute atomic E-state index is 12.3. The number of hydrogen-bond donors (Lipinski definition) is 2. The summed E-state index contributed by atoms with van der Waals surface area (Å²) in [6.07, 6.45) is 0.517. The average Bonchev–Trinajstić information content (AvgIpc) is 2.93. The first-order valence-corrected chi connectivity index (χ1v) is 8.41. The summed E-state index contributed by atoms with van der Waals surface area (Å²) in [6.45, 7) is 1.43. The summed E-state index contributed by atoms with van der Waals surface area (Å²) >= 11 is 0.